The Morgan fingerprint density at radius 1 is 1.24 bits per heavy atom. The first-order valence-corrected chi connectivity index (χ1v) is 10.1. The fourth-order valence-corrected chi connectivity index (χ4v) is 3.86. The monoisotopic (exact) mass is 423 g/mol. The first-order chi connectivity index (χ1) is 13.5. The van der Waals surface area contributed by atoms with Gasteiger partial charge in [0.1, 0.15) is 5.75 Å². The standard InChI is InChI=1S/C18H21N3O7S/c1-10-15(14(22)9-29(26,27)19-3)17(16(11(2)20-10)18(23)28-4)12-6-5-7-13(8-12)21(24)25/h5-8,17,19-20H,9H2,1-4H3. The highest BCUT2D eigenvalue weighted by atomic mass is 32.2. The van der Waals surface area contributed by atoms with Gasteiger partial charge in [0.2, 0.25) is 10.0 Å². The fraction of sp³-hybridized carbons (Fsp3) is 0.333. The fourth-order valence-electron chi connectivity index (χ4n) is 3.22. The molecule has 1 aliphatic rings. The van der Waals surface area contributed by atoms with Gasteiger partial charge in [-0.05, 0) is 26.5 Å². The molecule has 0 saturated heterocycles. The Morgan fingerprint density at radius 3 is 2.41 bits per heavy atom. The van der Waals surface area contributed by atoms with Crippen molar-refractivity contribution in [1.82, 2.24) is 10.0 Å². The van der Waals surface area contributed by atoms with E-state index in [9.17, 15) is 28.1 Å². The highest BCUT2D eigenvalue weighted by Crippen LogP contribution is 2.40. The average molecular weight is 423 g/mol. The number of ether oxygens (including phenoxy) is 1. The highest BCUT2D eigenvalue weighted by Gasteiger charge is 2.38. The molecule has 0 bridgehead atoms. The number of carbonyl (C=O) groups is 2. The number of ketones is 1. The highest BCUT2D eigenvalue weighted by molar-refractivity contribution is 7.90. The minimum absolute atomic E-state index is 0.0234. The number of rotatable bonds is 7. The number of hydrogen-bond acceptors (Lipinski definition) is 8. The number of Topliss-reactive ketones (excluding diaryl/α,β-unsaturated/α-hetero) is 1. The summed E-state index contributed by atoms with van der Waals surface area (Å²) in [6.07, 6.45) is 0. The summed E-state index contributed by atoms with van der Waals surface area (Å²) in [5.74, 6) is -3.34. The van der Waals surface area contributed by atoms with Crippen molar-refractivity contribution in [2.45, 2.75) is 19.8 Å². The molecule has 1 aromatic rings. The van der Waals surface area contributed by atoms with Crippen LogP contribution in [0.3, 0.4) is 0 Å². The van der Waals surface area contributed by atoms with E-state index in [1.54, 1.807) is 13.8 Å². The predicted octanol–water partition coefficient (Wildman–Crippen LogP) is 1.12. The molecule has 0 fully saturated rings. The van der Waals surface area contributed by atoms with Gasteiger partial charge in [0.05, 0.1) is 17.6 Å². The van der Waals surface area contributed by atoms with Gasteiger partial charge in [0, 0.05) is 35.0 Å². The van der Waals surface area contributed by atoms with Crippen LogP contribution in [0, 0.1) is 10.1 Å². The molecule has 1 aromatic carbocycles. The Kier molecular flexibility index (Phi) is 6.55. The third-order valence-corrected chi connectivity index (χ3v) is 5.78. The first kappa shape index (κ1) is 22.2. The van der Waals surface area contributed by atoms with Crippen molar-refractivity contribution in [2.75, 3.05) is 19.9 Å². The molecule has 0 amide bonds. The summed E-state index contributed by atoms with van der Waals surface area (Å²) in [7, 11) is -1.52. The molecule has 1 atom stereocenters. The van der Waals surface area contributed by atoms with E-state index in [0.717, 1.165) is 0 Å². The van der Waals surface area contributed by atoms with Crippen molar-refractivity contribution in [3.8, 4) is 0 Å². The van der Waals surface area contributed by atoms with Crippen LogP contribution in [0.15, 0.2) is 46.8 Å². The third kappa shape index (κ3) is 4.69. The van der Waals surface area contributed by atoms with E-state index in [-0.39, 0.29) is 16.8 Å². The van der Waals surface area contributed by atoms with Crippen LogP contribution in [0.4, 0.5) is 5.69 Å². The topological polar surface area (TPSA) is 145 Å². The molecular formula is C18H21N3O7S. The van der Waals surface area contributed by atoms with Crippen molar-refractivity contribution in [2.24, 2.45) is 0 Å². The number of dihydropyridines is 1. The van der Waals surface area contributed by atoms with E-state index in [4.69, 9.17) is 4.74 Å². The Bertz CT molecular complexity index is 1040. The second-order valence-corrected chi connectivity index (χ2v) is 8.29. The summed E-state index contributed by atoms with van der Waals surface area (Å²) >= 11 is 0. The van der Waals surface area contributed by atoms with Crippen LogP contribution in [0.2, 0.25) is 0 Å². The number of methoxy groups -OCH3 is 1. The number of nitro groups is 1. The lowest BCUT2D eigenvalue weighted by Crippen LogP contribution is -2.35. The van der Waals surface area contributed by atoms with Gasteiger partial charge in [-0.2, -0.15) is 0 Å². The predicted molar refractivity (Wildman–Crippen MR) is 104 cm³/mol. The maximum atomic E-state index is 12.9. The van der Waals surface area contributed by atoms with E-state index >= 15 is 0 Å². The molecule has 2 rings (SSSR count). The maximum Gasteiger partial charge on any atom is 0.336 e. The summed E-state index contributed by atoms with van der Waals surface area (Å²) in [6.45, 7) is 3.17. The summed E-state index contributed by atoms with van der Waals surface area (Å²) in [4.78, 5) is 36.0. The molecule has 1 aliphatic heterocycles. The van der Waals surface area contributed by atoms with Gasteiger partial charge in [-0.25, -0.2) is 17.9 Å². The Balaban J connectivity index is 2.71. The van der Waals surface area contributed by atoms with E-state index in [1.165, 1.54) is 38.4 Å². The van der Waals surface area contributed by atoms with E-state index in [0.29, 0.717) is 17.0 Å². The molecule has 0 radical (unpaired) electrons. The Morgan fingerprint density at radius 2 is 1.86 bits per heavy atom. The molecule has 0 aliphatic carbocycles. The number of esters is 1. The average Bonchev–Trinajstić information content (AvgIpc) is 2.66. The van der Waals surface area contributed by atoms with Gasteiger partial charge in [-0.15, -0.1) is 0 Å². The molecule has 1 heterocycles. The smallest absolute Gasteiger partial charge is 0.336 e. The number of nitro benzene ring substituents is 1. The molecular weight excluding hydrogens is 402 g/mol. The second-order valence-electron chi connectivity index (χ2n) is 6.37. The molecule has 1 unspecified atom stereocenters. The first-order valence-electron chi connectivity index (χ1n) is 8.48. The summed E-state index contributed by atoms with van der Waals surface area (Å²) < 4.78 is 30.7. The van der Waals surface area contributed by atoms with Crippen LogP contribution in [-0.2, 0) is 24.3 Å². The van der Waals surface area contributed by atoms with E-state index in [2.05, 4.69) is 10.0 Å². The van der Waals surface area contributed by atoms with Gasteiger partial charge in [-0.3, -0.25) is 14.9 Å². The minimum atomic E-state index is -3.88. The van der Waals surface area contributed by atoms with Crippen LogP contribution < -0.4 is 10.0 Å². The second kappa shape index (κ2) is 8.53. The lowest BCUT2D eigenvalue weighted by atomic mass is 9.79. The number of nitrogens with zero attached hydrogens (tertiary/aromatic N) is 1. The largest absolute Gasteiger partial charge is 0.466 e. The van der Waals surface area contributed by atoms with E-state index in [1.807, 2.05) is 0 Å². The van der Waals surface area contributed by atoms with Crippen molar-refractivity contribution in [1.29, 1.82) is 0 Å². The van der Waals surface area contributed by atoms with Crippen molar-refractivity contribution in [3.63, 3.8) is 0 Å². The van der Waals surface area contributed by atoms with Crippen LogP contribution in [-0.4, -0.2) is 45.0 Å². The number of non-ortho nitro benzene ring substituents is 1. The molecule has 10 nitrogen and oxygen atoms in total. The SMILES string of the molecule is CNS(=O)(=O)CC(=O)C1=C(C)NC(C)=C(C(=O)OC)C1c1cccc([N+](=O)[O-])c1. The van der Waals surface area contributed by atoms with Crippen molar-refractivity contribution >= 4 is 27.5 Å². The molecule has 2 N–H and O–H groups in total. The lowest BCUT2D eigenvalue weighted by molar-refractivity contribution is -0.384. The summed E-state index contributed by atoms with van der Waals surface area (Å²) in [6, 6.07) is 5.50. The van der Waals surface area contributed by atoms with Crippen molar-refractivity contribution < 1.29 is 27.7 Å². The van der Waals surface area contributed by atoms with Gasteiger partial charge in [-0.1, -0.05) is 12.1 Å². The van der Waals surface area contributed by atoms with Crippen LogP contribution in [0.1, 0.15) is 25.3 Å². The molecule has 29 heavy (non-hydrogen) atoms. The number of allylic oxidation sites excluding steroid dienone is 3. The minimum Gasteiger partial charge on any atom is -0.466 e. The number of carbonyl (C=O) groups excluding carboxylic acids is 2. The molecule has 0 aromatic heterocycles. The molecule has 156 valence electrons. The Hall–Kier alpha value is -3.05. The van der Waals surface area contributed by atoms with E-state index < -0.39 is 38.4 Å². The molecule has 0 saturated carbocycles. The summed E-state index contributed by atoms with van der Waals surface area (Å²) in [5.41, 5.74) is 0.918. The van der Waals surface area contributed by atoms with Gasteiger partial charge >= 0.3 is 5.97 Å². The Labute approximate surface area is 167 Å². The summed E-state index contributed by atoms with van der Waals surface area (Å²) in [5, 5.41) is 14.1. The number of sulfonamides is 1. The third-order valence-electron chi connectivity index (χ3n) is 4.51. The zero-order chi connectivity index (χ0) is 21.9. The number of nitrogens with one attached hydrogen (secondary N) is 2. The number of benzene rings is 1. The van der Waals surface area contributed by atoms with Gasteiger partial charge in [0.25, 0.3) is 5.69 Å². The lowest BCUT2D eigenvalue weighted by Gasteiger charge is -2.30. The van der Waals surface area contributed by atoms with Crippen LogP contribution in [0.25, 0.3) is 0 Å². The van der Waals surface area contributed by atoms with Gasteiger partial charge in [0.15, 0.2) is 5.78 Å². The number of hydrogen-bond donors (Lipinski definition) is 2. The maximum absolute atomic E-state index is 12.9. The molecule has 0 spiro atoms. The normalized spacial score (nSPS) is 17.0. The zero-order valence-corrected chi connectivity index (χ0v) is 17.1. The van der Waals surface area contributed by atoms with Crippen LogP contribution in [0.5, 0.6) is 0 Å². The molecule has 11 heteroatoms. The van der Waals surface area contributed by atoms with Crippen molar-refractivity contribution in [3.05, 3.63) is 62.5 Å². The van der Waals surface area contributed by atoms with Gasteiger partial charge < -0.3 is 10.1 Å². The zero-order valence-electron chi connectivity index (χ0n) is 16.3. The van der Waals surface area contributed by atoms with Crippen LogP contribution >= 0.6 is 0 Å². The quantitative estimate of drug-likeness (QED) is 0.377.